The minimum atomic E-state index is -0.978. The zero-order valence-corrected chi connectivity index (χ0v) is 13.9. The predicted molar refractivity (Wildman–Crippen MR) is 90.4 cm³/mol. The topological polar surface area (TPSA) is 55.1 Å². The Balaban J connectivity index is 2.49. The quantitative estimate of drug-likeness (QED) is 0.827. The minimum absolute atomic E-state index is 0.428. The van der Waals surface area contributed by atoms with Gasteiger partial charge in [0.1, 0.15) is 5.54 Å². The molecule has 0 bridgehead atoms. The molecule has 5 heteroatoms. The van der Waals surface area contributed by atoms with Gasteiger partial charge in [0.15, 0.2) is 0 Å². The van der Waals surface area contributed by atoms with Crippen molar-refractivity contribution in [2.75, 3.05) is 5.32 Å². The van der Waals surface area contributed by atoms with Crippen molar-refractivity contribution < 1.29 is 4.79 Å². The molecule has 2 aromatic rings. The Morgan fingerprint density at radius 2 is 2.00 bits per heavy atom. The molecule has 3 N–H and O–H groups in total. The third kappa shape index (κ3) is 3.39. The van der Waals surface area contributed by atoms with Crippen molar-refractivity contribution in [3.63, 3.8) is 0 Å². The van der Waals surface area contributed by atoms with E-state index in [1.807, 2.05) is 43.3 Å². The van der Waals surface area contributed by atoms with Crippen molar-refractivity contribution in [1.29, 1.82) is 0 Å². The number of hydrogen-bond acceptors (Lipinski definition) is 2. The number of rotatable bonds is 5. The summed E-state index contributed by atoms with van der Waals surface area (Å²) in [5.41, 5.74) is 6.29. The van der Waals surface area contributed by atoms with E-state index in [-0.39, 0.29) is 0 Å². The van der Waals surface area contributed by atoms with Crippen LogP contribution in [0.15, 0.2) is 53.0 Å². The molecule has 0 aliphatic carbocycles. The monoisotopic (exact) mass is 366 g/mol. The van der Waals surface area contributed by atoms with Crippen molar-refractivity contribution in [1.82, 2.24) is 0 Å². The molecule has 0 aliphatic rings. The fourth-order valence-corrected chi connectivity index (χ4v) is 2.90. The molecule has 0 aromatic heterocycles. The van der Waals surface area contributed by atoms with E-state index in [9.17, 15) is 4.79 Å². The number of hydrogen-bond donors (Lipinski definition) is 2. The summed E-state index contributed by atoms with van der Waals surface area (Å²) in [6.07, 6.45) is 0.519. The fourth-order valence-electron chi connectivity index (χ4n) is 2.31. The average Bonchev–Trinajstić information content (AvgIpc) is 2.44. The molecule has 1 amide bonds. The maximum Gasteiger partial charge on any atom is 0.247 e. The van der Waals surface area contributed by atoms with Gasteiger partial charge in [-0.3, -0.25) is 4.79 Å². The molecule has 110 valence electrons. The molecule has 0 heterocycles. The van der Waals surface area contributed by atoms with Crippen LogP contribution in [0, 0.1) is 0 Å². The first kappa shape index (κ1) is 15.9. The highest BCUT2D eigenvalue weighted by Crippen LogP contribution is 2.32. The van der Waals surface area contributed by atoms with Crippen molar-refractivity contribution in [3.05, 3.63) is 63.6 Å². The molecule has 3 nitrogen and oxygen atoms in total. The summed E-state index contributed by atoms with van der Waals surface area (Å²) < 4.78 is 0.895. The van der Waals surface area contributed by atoms with Crippen molar-refractivity contribution in [2.45, 2.75) is 18.9 Å². The van der Waals surface area contributed by atoms with E-state index in [4.69, 9.17) is 17.3 Å². The second-order valence-electron chi connectivity index (χ2n) is 4.77. The summed E-state index contributed by atoms with van der Waals surface area (Å²) in [6, 6.07) is 14.8. The Hall–Kier alpha value is -1.52. The molecule has 0 spiro atoms. The highest BCUT2D eigenvalue weighted by Gasteiger charge is 2.36. The van der Waals surface area contributed by atoms with E-state index in [0.29, 0.717) is 11.4 Å². The van der Waals surface area contributed by atoms with Gasteiger partial charge in [-0.15, -0.1) is 0 Å². The first-order valence-corrected chi connectivity index (χ1v) is 7.75. The predicted octanol–water partition coefficient (Wildman–Crippen LogP) is 4.31. The molecular formula is C16H16BrClN2O. The summed E-state index contributed by atoms with van der Waals surface area (Å²) >= 11 is 9.43. The maximum atomic E-state index is 12.2. The lowest BCUT2D eigenvalue weighted by Crippen LogP contribution is -2.47. The lowest BCUT2D eigenvalue weighted by molar-refractivity contribution is -0.122. The number of carbonyl (C=O) groups is 1. The van der Waals surface area contributed by atoms with Gasteiger partial charge in [0.2, 0.25) is 5.91 Å². The largest absolute Gasteiger partial charge is 0.368 e. The minimum Gasteiger partial charge on any atom is -0.368 e. The number of amides is 1. The van der Waals surface area contributed by atoms with Crippen LogP contribution in [-0.2, 0) is 10.3 Å². The highest BCUT2D eigenvalue weighted by molar-refractivity contribution is 9.10. The van der Waals surface area contributed by atoms with Crippen molar-refractivity contribution in [3.8, 4) is 0 Å². The molecule has 0 saturated heterocycles. The average molecular weight is 368 g/mol. The summed E-state index contributed by atoms with van der Waals surface area (Å²) in [7, 11) is 0. The van der Waals surface area contributed by atoms with Gasteiger partial charge in [-0.1, -0.05) is 52.7 Å². The molecular weight excluding hydrogens is 352 g/mol. The lowest BCUT2D eigenvalue weighted by Gasteiger charge is -2.32. The van der Waals surface area contributed by atoms with E-state index in [1.54, 1.807) is 12.1 Å². The van der Waals surface area contributed by atoms with Gasteiger partial charge in [-0.2, -0.15) is 0 Å². The van der Waals surface area contributed by atoms with Crippen LogP contribution in [0.3, 0.4) is 0 Å². The molecule has 0 fully saturated rings. The fraction of sp³-hybridized carbons (Fsp3) is 0.188. The van der Waals surface area contributed by atoms with Gasteiger partial charge >= 0.3 is 0 Å². The number of primary amides is 1. The normalized spacial score (nSPS) is 13.5. The second-order valence-corrected chi connectivity index (χ2v) is 6.12. The standard InChI is InChI=1S/C16H16BrClN2O/c1-2-16(15(19)21,11-5-3-6-12(17)9-11)20-14-8-4-7-13(18)10-14/h3-10,20H,2H2,1H3,(H2,19,21). The maximum absolute atomic E-state index is 12.2. The van der Waals surface area contributed by atoms with Crippen LogP contribution in [0.25, 0.3) is 0 Å². The molecule has 0 radical (unpaired) electrons. The highest BCUT2D eigenvalue weighted by atomic mass is 79.9. The molecule has 2 rings (SSSR count). The third-order valence-corrected chi connectivity index (χ3v) is 4.18. The molecule has 2 aromatic carbocycles. The molecule has 21 heavy (non-hydrogen) atoms. The van der Waals surface area contributed by atoms with Gasteiger partial charge in [0.05, 0.1) is 0 Å². The van der Waals surface area contributed by atoms with Crippen LogP contribution in [0.4, 0.5) is 5.69 Å². The summed E-state index contributed by atoms with van der Waals surface area (Å²) in [6.45, 7) is 1.92. The number of nitrogens with one attached hydrogen (secondary N) is 1. The lowest BCUT2D eigenvalue weighted by atomic mass is 9.86. The number of benzene rings is 2. The number of carbonyl (C=O) groups excluding carboxylic acids is 1. The van der Waals surface area contributed by atoms with Gasteiger partial charge in [0, 0.05) is 15.2 Å². The van der Waals surface area contributed by atoms with Crippen LogP contribution in [0.5, 0.6) is 0 Å². The van der Waals surface area contributed by atoms with Crippen LogP contribution in [-0.4, -0.2) is 5.91 Å². The first-order valence-electron chi connectivity index (χ1n) is 6.57. The molecule has 0 aliphatic heterocycles. The molecule has 0 saturated carbocycles. The van der Waals surface area contributed by atoms with Crippen LogP contribution in [0.2, 0.25) is 5.02 Å². The van der Waals surface area contributed by atoms with Crippen molar-refractivity contribution in [2.24, 2.45) is 5.73 Å². The third-order valence-electron chi connectivity index (χ3n) is 3.45. The zero-order valence-electron chi connectivity index (χ0n) is 11.6. The Kier molecular flexibility index (Phi) is 4.91. The summed E-state index contributed by atoms with van der Waals surface area (Å²) in [4.78, 5) is 12.2. The molecule has 1 atom stereocenters. The Labute approximate surface area is 137 Å². The Bertz CT molecular complexity index is 662. The summed E-state index contributed by atoms with van der Waals surface area (Å²) in [5.74, 6) is -0.428. The van der Waals surface area contributed by atoms with Crippen LogP contribution >= 0.6 is 27.5 Å². The van der Waals surface area contributed by atoms with Gasteiger partial charge in [0.25, 0.3) is 0 Å². The van der Waals surface area contributed by atoms with E-state index < -0.39 is 11.4 Å². The first-order chi connectivity index (χ1) is 9.98. The van der Waals surface area contributed by atoms with E-state index in [1.165, 1.54) is 0 Å². The smallest absolute Gasteiger partial charge is 0.247 e. The van der Waals surface area contributed by atoms with Gasteiger partial charge < -0.3 is 11.1 Å². The van der Waals surface area contributed by atoms with E-state index in [0.717, 1.165) is 15.7 Å². The van der Waals surface area contributed by atoms with Gasteiger partial charge in [-0.05, 0) is 42.3 Å². The Morgan fingerprint density at radius 3 is 2.57 bits per heavy atom. The SMILES string of the molecule is CCC(Nc1cccc(Cl)c1)(C(N)=O)c1cccc(Br)c1. The number of anilines is 1. The van der Waals surface area contributed by atoms with E-state index in [2.05, 4.69) is 21.2 Å². The van der Waals surface area contributed by atoms with Crippen LogP contribution in [0.1, 0.15) is 18.9 Å². The number of nitrogens with two attached hydrogens (primary N) is 1. The van der Waals surface area contributed by atoms with Gasteiger partial charge in [-0.25, -0.2) is 0 Å². The van der Waals surface area contributed by atoms with E-state index >= 15 is 0 Å². The molecule has 1 unspecified atom stereocenters. The zero-order chi connectivity index (χ0) is 15.5. The summed E-state index contributed by atoms with van der Waals surface area (Å²) in [5, 5.41) is 3.85. The van der Waals surface area contributed by atoms with Crippen molar-refractivity contribution >= 4 is 39.1 Å². The Morgan fingerprint density at radius 1 is 1.29 bits per heavy atom. The second kappa shape index (κ2) is 6.50. The number of halogens is 2. The van der Waals surface area contributed by atoms with Crippen LogP contribution < -0.4 is 11.1 Å².